The molecule has 5 rings (SSSR count). The lowest BCUT2D eigenvalue weighted by molar-refractivity contribution is -0.137. The smallest absolute Gasteiger partial charge is 0.243 e. The largest absolute Gasteiger partial charge is 0.353 e. The number of hydrogen-bond donors (Lipinski definition) is 1. The number of piperidine rings is 1. The molecule has 2 aliphatic rings. The molecule has 3 aromatic rings. The molecule has 182 valence electrons. The Labute approximate surface area is 204 Å². The lowest BCUT2D eigenvalue weighted by Crippen LogP contribution is -2.48. The fraction of sp³-hybridized carbons (Fsp3) is 0.600. The van der Waals surface area contributed by atoms with E-state index >= 15 is 0 Å². The van der Waals surface area contributed by atoms with Crippen LogP contribution >= 0.6 is 11.8 Å². The number of nitrogens with one attached hydrogen (secondary N) is 1. The summed E-state index contributed by atoms with van der Waals surface area (Å²) < 4.78 is 3.94. The highest BCUT2D eigenvalue weighted by molar-refractivity contribution is 7.99. The Morgan fingerprint density at radius 3 is 2.41 bits per heavy atom. The highest BCUT2D eigenvalue weighted by atomic mass is 32.2. The number of rotatable bonds is 6. The van der Waals surface area contributed by atoms with Crippen LogP contribution in [0, 0.1) is 0 Å². The zero-order valence-corrected chi connectivity index (χ0v) is 20.9. The molecule has 0 spiro atoms. The third-order valence-electron chi connectivity index (χ3n) is 7.35. The molecule has 0 unspecified atom stereocenters. The van der Waals surface area contributed by atoms with E-state index in [0.717, 1.165) is 36.7 Å². The number of benzene rings is 1. The fourth-order valence-corrected chi connectivity index (χ4v) is 6.41. The van der Waals surface area contributed by atoms with E-state index in [4.69, 9.17) is 0 Å². The van der Waals surface area contributed by atoms with Gasteiger partial charge in [-0.15, -0.1) is 10.2 Å². The van der Waals surface area contributed by atoms with Crippen LogP contribution < -0.4 is 5.32 Å². The van der Waals surface area contributed by atoms with Gasteiger partial charge in [0.2, 0.25) is 17.6 Å². The molecule has 1 saturated carbocycles. The number of imidazole rings is 1. The number of amides is 2. The molecular formula is C25H34N6O2S. The molecule has 1 aliphatic heterocycles. The molecule has 1 saturated heterocycles. The van der Waals surface area contributed by atoms with Crippen LogP contribution in [0.1, 0.15) is 65.2 Å². The Morgan fingerprint density at radius 1 is 0.971 bits per heavy atom. The molecule has 9 heteroatoms. The summed E-state index contributed by atoms with van der Waals surface area (Å²) in [6.07, 6.45) is 9.05. The lowest BCUT2D eigenvalue weighted by Gasteiger charge is -2.39. The molecule has 0 radical (unpaired) electrons. The maximum absolute atomic E-state index is 13.4. The van der Waals surface area contributed by atoms with Gasteiger partial charge in [0.1, 0.15) is 6.54 Å². The first-order chi connectivity index (χ1) is 16.5. The number of fused-ring (bicyclic) bond motifs is 3. The Bertz CT molecular complexity index is 1170. The maximum atomic E-state index is 13.4. The van der Waals surface area contributed by atoms with Crippen LogP contribution in [-0.2, 0) is 16.1 Å². The molecule has 1 N–H and O–H groups in total. The topological polar surface area (TPSA) is 84.5 Å². The van der Waals surface area contributed by atoms with E-state index in [2.05, 4.69) is 29.4 Å². The van der Waals surface area contributed by atoms with Gasteiger partial charge in [-0.25, -0.2) is 0 Å². The summed E-state index contributed by atoms with van der Waals surface area (Å²) in [6.45, 7) is 4.51. The van der Waals surface area contributed by atoms with Gasteiger partial charge in [-0.1, -0.05) is 43.2 Å². The molecule has 3 heterocycles. The van der Waals surface area contributed by atoms with E-state index in [9.17, 15) is 9.59 Å². The van der Waals surface area contributed by atoms with Crippen molar-refractivity contribution in [2.24, 2.45) is 0 Å². The SMILES string of the molecule is C[C@@H]1CCC[C@@H](C)N1C(=O)Cn1c2ccccc2n2c(SCC(=O)NC3CCCCC3)nnc12. The second kappa shape index (κ2) is 9.98. The fourth-order valence-electron chi connectivity index (χ4n) is 5.66. The van der Waals surface area contributed by atoms with Gasteiger partial charge in [0.15, 0.2) is 5.16 Å². The number of hydrogen-bond acceptors (Lipinski definition) is 5. The van der Waals surface area contributed by atoms with E-state index in [1.807, 2.05) is 38.1 Å². The normalized spacial score (nSPS) is 21.9. The molecular weight excluding hydrogens is 448 g/mol. The van der Waals surface area contributed by atoms with Crippen molar-refractivity contribution < 1.29 is 9.59 Å². The average molecular weight is 483 g/mol. The second-order valence-corrected chi connectivity index (χ2v) is 10.8. The van der Waals surface area contributed by atoms with Gasteiger partial charge < -0.3 is 10.2 Å². The predicted molar refractivity (Wildman–Crippen MR) is 134 cm³/mol. The molecule has 8 nitrogen and oxygen atoms in total. The summed E-state index contributed by atoms with van der Waals surface area (Å²) in [5.74, 6) is 1.10. The van der Waals surface area contributed by atoms with E-state index in [0.29, 0.717) is 22.7 Å². The minimum absolute atomic E-state index is 0.0423. The van der Waals surface area contributed by atoms with Crippen molar-refractivity contribution in [1.29, 1.82) is 0 Å². The molecule has 34 heavy (non-hydrogen) atoms. The highest BCUT2D eigenvalue weighted by Crippen LogP contribution is 2.28. The third kappa shape index (κ3) is 4.54. The van der Waals surface area contributed by atoms with E-state index in [-0.39, 0.29) is 30.4 Å². The Balaban J connectivity index is 1.37. The molecule has 0 bridgehead atoms. The maximum Gasteiger partial charge on any atom is 0.243 e. The summed E-state index contributed by atoms with van der Waals surface area (Å²) >= 11 is 1.40. The number of carbonyl (C=O) groups excluding carboxylic acids is 2. The third-order valence-corrected chi connectivity index (χ3v) is 8.28. The van der Waals surface area contributed by atoms with Crippen LogP contribution in [0.15, 0.2) is 29.4 Å². The van der Waals surface area contributed by atoms with Crippen molar-refractivity contribution in [2.45, 2.75) is 95.0 Å². The summed E-state index contributed by atoms with van der Waals surface area (Å²) in [5.41, 5.74) is 1.90. The number of para-hydroxylation sites is 2. The summed E-state index contributed by atoms with van der Waals surface area (Å²) in [6, 6.07) is 8.80. The highest BCUT2D eigenvalue weighted by Gasteiger charge is 2.30. The van der Waals surface area contributed by atoms with E-state index in [1.54, 1.807) is 0 Å². The summed E-state index contributed by atoms with van der Waals surface area (Å²) in [4.78, 5) is 28.0. The number of carbonyl (C=O) groups is 2. The van der Waals surface area contributed by atoms with Crippen LogP contribution in [0.25, 0.3) is 16.8 Å². The zero-order valence-electron chi connectivity index (χ0n) is 20.1. The van der Waals surface area contributed by atoms with Gasteiger partial charge >= 0.3 is 0 Å². The van der Waals surface area contributed by atoms with Crippen LogP contribution in [-0.4, -0.2) is 59.8 Å². The van der Waals surface area contributed by atoms with Gasteiger partial charge in [0.25, 0.3) is 0 Å². The average Bonchev–Trinajstić information content (AvgIpc) is 3.38. The summed E-state index contributed by atoms with van der Waals surface area (Å²) in [5, 5.41) is 12.7. The van der Waals surface area contributed by atoms with Crippen LogP contribution in [0.3, 0.4) is 0 Å². The van der Waals surface area contributed by atoms with Gasteiger partial charge in [-0.2, -0.15) is 0 Å². The Morgan fingerprint density at radius 2 is 1.68 bits per heavy atom. The number of thioether (sulfide) groups is 1. The van der Waals surface area contributed by atoms with Crippen LogP contribution in [0.5, 0.6) is 0 Å². The van der Waals surface area contributed by atoms with Gasteiger partial charge in [0.05, 0.1) is 16.8 Å². The number of aromatic nitrogens is 4. The zero-order chi connectivity index (χ0) is 23.7. The Kier molecular flexibility index (Phi) is 6.81. The predicted octanol–water partition coefficient (Wildman–Crippen LogP) is 4.01. The monoisotopic (exact) mass is 482 g/mol. The van der Waals surface area contributed by atoms with Crippen LogP contribution in [0.4, 0.5) is 0 Å². The number of likely N-dealkylation sites (tertiary alicyclic amines) is 1. The Hall–Kier alpha value is -2.55. The van der Waals surface area contributed by atoms with E-state index < -0.39 is 0 Å². The first-order valence-electron chi connectivity index (χ1n) is 12.6. The minimum Gasteiger partial charge on any atom is -0.353 e. The first kappa shape index (κ1) is 23.2. The molecule has 2 aromatic heterocycles. The van der Waals surface area contributed by atoms with Gasteiger partial charge in [-0.3, -0.25) is 18.6 Å². The number of nitrogens with zero attached hydrogens (tertiary/aromatic N) is 5. The van der Waals surface area contributed by atoms with Gasteiger partial charge in [0, 0.05) is 18.1 Å². The second-order valence-electron chi connectivity index (χ2n) is 9.81. The first-order valence-corrected chi connectivity index (χ1v) is 13.6. The van der Waals surface area contributed by atoms with Crippen LogP contribution in [0.2, 0.25) is 0 Å². The summed E-state index contributed by atoms with van der Waals surface area (Å²) in [7, 11) is 0. The van der Waals surface area contributed by atoms with Gasteiger partial charge in [-0.05, 0) is 58.1 Å². The molecule has 1 aliphatic carbocycles. The molecule has 1 aromatic carbocycles. The molecule has 2 fully saturated rings. The van der Waals surface area contributed by atoms with Crippen molar-refractivity contribution in [1.82, 2.24) is 29.4 Å². The quantitative estimate of drug-likeness (QED) is 0.537. The van der Waals surface area contributed by atoms with Crippen molar-refractivity contribution in [3.63, 3.8) is 0 Å². The van der Waals surface area contributed by atoms with Crippen molar-refractivity contribution in [2.75, 3.05) is 5.75 Å². The van der Waals surface area contributed by atoms with Crippen molar-refractivity contribution in [3.05, 3.63) is 24.3 Å². The van der Waals surface area contributed by atoms with Crippen molar-refractivity contribution >= 4 is 40.4 Å². The molecule has 2 amide bonds. The lowest BCUT2D eigenvalue weighted by atomic mass is 9.95. The molecule has 2 atom stereocenters. The van der Waals surface area contributed by atoms with E-state index in [1.165, 1.54) is 37.4 Å². The minimum atomic E-state index is 0.0423. The van der Waals surface area contributed by atoms with Crippen molar-refractivity contribution in [3.8, 4) is 0 Å². The standard InChI is InChI=1S/C25H34N6O2S/c1-17-9-8-10-18(2)30(17)23(33)15-29-20-13-6-7-14-21(20)31-24(29)27-28-25(31)34-16-22(32)26-19-11-4-3-5-12-19/h6-7,13-14,17-19H,3-5,8-12,15-16H2,1-2H3,(H,26,32)/t17-,18-/m1/s1.